The summed E-state index contributed by atoms with van der Waals surface area (Å²) in [7, 11) is 2.28. The van der Waals surface area contributed by atoms with E-state index in [1.807, 2.05) is 95.9 Å². The Morgan fingerprint density at radius 1 is 0.750 bits per heavy atom. The van der Waals surface area contributed by atoms with Gasteiger partial charge in [0, 0.05) is 24.1 Å². The number of hydrogen-bond donors (Lipinski definition) is 4. The third-order valence-electron chi connectivity index (χ3n) is 14.3. The minimum absolute atomic E-state index is 0.0697. The highest BCUT2D eigenvalue weighted by Gasteiger charge is 2.76. The molecule has 1 spiro atoms. The van der Waals surface area contributed by atoms with Crippen molar-refractivity contribution >= 4 is 41.4 Å². The molecule has 8 atom stereocenters. The molecule has 16 nitrogen and oxygen atoms in total. The zero-order chi connectivity index (χ0) is 53.5. The van der Waals surface area contributed by atoms with Crippen LogP contribution in [0.15, 0.2) is 164 Å². The first-order valence-corrected chi connectivity index (χ1v) is 24.8. The largest absolute Gasteiger partial charge is 0.491 e. The van der Waals surface area contributed by atoms with Gasteiger partial charge in [-0.3, -0.25) is 28.9 Å². The summed E-state index contributed by atoms with van der Waals surface area (Å²) in [6.07, 6.45) is -2.58. The van der Waals surface area contributed by atoms with E-state index in [0.717, 1.165) is 24.7 Å². The second kappa shape index (κ2) is 22.9. The normalized spacial score (nSPS) is 21.3. The summed E-state index contributed by atoms with van der Waals surface area (Å²) in [5.41, 5.74) is 1.01. The lowest BCUT2D eigenvalue weighted by Gasteiger charge is -2.46. The van der Waals surface area contributed by atoms with Gasteiger partial charge in [0.15, 0.2) is 5.92 Å². The molecule has 0 radical (unpaired) electrons. The monoisotopic (exact) mass is 1020 g/mol. The highest BCUT2D eigenvalue weighted by Crippen LogP contribution is 2.66. The molecule has 4 N–H and O–H groups in total. The van der Waals surface area contributed by atoms with Crippen LogP contribution in [0, 0.1) is 23.7 Å². The van der Waals surface area contributed by atoms with Crippen LogP contribution < -0.4 is 20.3 Å². The van der Waals surface area contributed by atoms with Crippen LogP contribution in [0.4, 0.5) is 10.5 Å². The average Bonchev–Trinajstić information content (AvgIpc) is 4.12. The van der Waals surface area contributed by atoms with Gasteiger partial charge in [0.25, 0.3) is 0 Å². The Hall–Kier alpha value is -8.62. The van der Waals surface area contributed by atoms with Crippen LogP contribution in [0.3, 0.4) is 0 Å². The fourth-order valence-corrected chi connectivity index (χ4v) is 10.9. The number of amides is 4. The topological polar surface area (TPSA) is 210 Å². The van der Waals surface area contributed by atoms with E-state index < -0.39 is 89.4 Å². The quantitative estimate of drug-likeness (QED) is 0.0364. The number of urea groups is 1. The number of carbonyl (C=O) groups excluding carboxylic acids is 6. The summed E-state index contributed by atoms with van der Waals surface area (Å²) in [6.45, 7) is 0.863. The van der Waals surface area contributed by atoms with E-state index in [0.29, 0.717) is 22.3 Å². The Bertz CT molecular complexity index is 3150. The van der Waals surface area contributed by atoms with Crippen molar-refractivity contribution in [2.75, 3.05) is 38.9 Å². The predicted octanol–water partition coefficient (Wildman–Crippen LogP) is 6.75. The fraction of sp³-hybridized carbons (Fsp3) is 0.267. The lowest BCUT2D eigenvalue weighted by molar-refractivity contribution is -0.178. The van der Waals surface area contributed by atoms with Gasteiger partial charge in [-0.15, -0.1) is 0 Å². The second-order valence-electron chi connectivity index (χ2n) is 18.6. The molecule has 388 valence electrons. The Morgan fingerprint density at radius 2 is 1.34 bits per heavy atom. The summed E-state index contributed by atoms with van der Waals surface area (Å²) in [5, 5.41) is 27.6. The van der Waals surface area contributed by atoms with Gasteiger partial charge in [0.2, 0.25) is 11.8 Å². The first kappa shape index (κ1) is 52.3. The number of imide groups is 1. The zero-order valence-corrected chi connectivity index (χ0v) is 41.9. The van der Waals surface area contributed by atoms with E-state index >= 15 is 19.2 Å². The number of para-hydroxylation sites is 1. The van der Waals surface area contributed by atoms with Crippen LogP contribution >= 0.6 is 0 Å². The molecule has 9 rings (SSSR count). The van der Waals surface area contributed by atoms with Crippen molar-refractivity contribution in [1.82, 2.24) is 15.5 Å². The molecule has 4 amide bonds. The molecule has 2 fully saturated rings. The molecule has 0 aromatic heterocycles. The third kappa shape index (κ3) is 9.79. The van der Waals surface area contributed by atoms with Crippen LogP contribution in [0.25, 0.3) is 0 Å². The summed E-state index contributed by atoms with van der Waals surface area (Å²) < 4.78 is 22.6. The van der Waals surface area contributed by atoms with Gasteiger partial charge in [0.05, 0.1) is 56.7 Å². The van der Waals surface area contributed by atoms with E-state index in [9.17, 15) is 19.8 Å². The maximum absolute atomic E-state index is 16.8. The highest BCUT2D eigenvalue weighted by molar-refractivity contribution is 6.24. The number of aliphatic hydroxyl groups excluding tert-OH is 2. The van der Waals surface area contributed by atoms with Crippen LogP contribution in [-0.2, 0) is 43.6 Å². The van der Waals surface area contributed by atoms with Crippen LogP contribution in [0.2, 0.25) is 0 Å². The van der Waals surface area contributed by atoms with Gasteiger partial charge < -0.3 is 39.8 Å². The fourth-order valence-electron chi connectivity index (χ4n) is 10.9. The zero-order valence-electron chi connectivity index (χ0n) is 41.9. The molecule has 16 heteroatoms. The molecule has 3 aliphatic heterocycles. The number of cyclic esters (lactones) is 1. The Kier molecular flexibility index (Phi) is 15.7. The van der Waals surface area contributed by atoms with Crippen molar-refractivity contribution in [2.24, 2.45) is 11.8 Å². The van der Waals surface area contributed by atoms with Gasteiger partial charge in [-0.1, -0.05) is 151 Å². The van der Waals surface area contributed by atoms with Gasteiger partial charge in [0.1, 0.15) is 29.9 Å². The van der Waals surface area contributed by atoms with Crippen LogP contribution in [-0.4, -0.2) is 90.9 Å². The number of fused-ring (bicyclic) bond motifs is 3. The summed E-state index contributed by atoms with van der Waals surface area (Å²) in [6, 6.07) is 42.4. The molecule has 3 aliphatic rings. The standard InChI is InChI=1S/C60H56N4O12/c1-37(39-20-8-4-9-21-39)62-59(72)63-46-32-31-38(19-18-29-44(55(68)73-2)56(69)74-3)35-45(46)60(58(63)71)49(54(67)61-36-47(66)40-22-10-5-11-23-40)51-57(70)76-52(42-26-14-7-15-27-42)50(41-24-12-6-13-25-41)64(51)53(60)43-28-16-17-30-48(43)75-34-33-65/h4-17,20-28,30-32,35,37,44,47,49-53,65-66H,29,33-34,36H2,1-3H3,(H,61,67)(H,62,72)/t37-,47+,49+,50+,51+,52-,53-,60+/m1/s1. The smallest absolute Gasteiger partial charge is 0.329 e. The van der Waals surface area contributed by atoms with E-state index in [-0.39, 0.29) is 48.7 Å². The molecule has 2 saturated heterocycles. The number of esters is 3. The number of aliphatic hydroxyl groups is 2. The van der Waals surface area contributed by atoms with Crippen LogP contribution in [0.5, 0.6) is 5.75 Å². The van der Waals surface area contributed by atoms with Crippen molar-refractivity contribution in [2.45, 2.75) is 55.1 Å². The molecule has 6 aromatic rings. The third-order valence-corrected chi connectivity index (χ3v) is 14.3. The van der Waals surface area contributed by atoms with Crippen molar-refractivity contribution in [3.05, 3.63) is 203 Å². The van der Waals surface area contributed by atoms with Crippen molar-refractivity contribution in [3.63, 3.8) is 0 Å². The lowest BCUT2D eigenvalue weighted by Crippen LogP contribution is -2.56. The first-order chi connectivity index (χ1) is 36.9. The number of carbonyl (C=O) groups is 6. The summed E-state index contributed by atoms with van der Waals surface area (Å²) in [5.74, 6) is -1.26. The number of hydrogen-bond acceptors (Lipinski definition) is 13. The number of nitrogens with zero attached hydrogens (tertiary/aromatic N) is 2. The molecule has 76 heavy (non-hydrogen) atoms. The molecular weight excluding hydrogens is 969 g/mol. The van der Waals surface area contributed by atoms with Crippen LogP contribution in [0.1, 0.15) is 82.6 Å². The second-order valence-corrected chi connectivity index (χ2v) is 18.6. The predicted molar refractivity (Wildman–Crippen MR) is 278 cm³/mol. The number of rotatable bonds is 15. The SMILES string of the molecule is COC(=O)C(CC#Cc1ccc2c(c1)[C@]1(C(=O)N2C(=O)N[C@H](C)c2ccccc2)[C@H](C(=O)NC[C@H](O)c2ccccc2)[C@H]2C(=O)O[C@H](c3ccccc3)[C@H](c3ccccc3)N2[C@@H]1c1ccccc1OCCO)C(=O)OC. The van der Waals surface area contributed by atoms with Gasteiger partial charge in [-0.2, -0.15) is 0 Å². The molecule has 6 aromatic carbocycles. The van der Waals surface area contributed by atoms with E-state index in [1.54, 1.807) is 73.7 Å². The lowest BCUT2D eigenvalue weighted by atomic mass is 9.65. The average molecular weight is 1030 g/mol. The first-order valence-electron chi connectivity index (χ1n) is 24.8. The molecule has 3 heterocycles. The summed E-state index contributed by atoms with van der Waals surface area (Å²) in [4.78, 5) is 91.9. The Balaban J connectivity index is 1.34. The molecule has 0 bridgehead atoms. The molecular formula is C60H56N4O12. The van der Waals surface area contributed by atoms with Gasteiger partial charge in [-0.05, 0) is 59.0 Å². The maximum Gasteiger partial charge on any atom is 0.329 e. The number of morpholine rings is 1. The molecule has 0 saturated carbocycles. The van der Waals surface area contributed by atoms with Gasteiger partial charge >= 0.3 is 23.9 Å². The van der Waals surface area contributed by atoms with Crippen molar-refractivity contribution < 1.29 is 57.9 Å². The van der Waals surface area contributed by atoms with Crippen molar-refractivity contribution in [3.8, 4) is 17.6 Å². The number of anilines is 1. The number of methoxy groups -OCH3 is 2. The van der Waals surface area contributed by atoms with E-state index in [2.05, 4.69) is 22.5 Å². The summed E-state index contributed by atoms with van der Waals surface area (Å²) >= 11 is 0. The number of nitrogens with one attached hydrogen (secondary N) is 2. The maximum atomic E-state index is 16.8. The molecule has 0 unspecified atom stereocenters. The van der Waals surface area contributed by atoms with Crippen molar-refractivity contribution in [1.29, 1.82) is 0 Å². The van der Waals surface area contributed by atoms with E-state index in [1.165, 1.54) is 6.07 Å². The number of ether oxygens (including phenoxy) is 4. The minimum atomic E-state index is -2.26. The van der Waals surface area contributed by atoms with E-state index in [4.69, 9.17) is 18.9 Å². The highest BCUT2D eigenvalue weighted by atomic mass is 16.6. The Morgan fingerprint density at radius 3 is 1.97 bits per heavy atom. The minimum Gasteiger partial charge on any atom is -0.491 e. The molecule has 0 aliphatic carbocycles. The number of benzene rings is 6. The van der Waals surface area contributed by atoms with Gasteiger partial charge in [-0.25, -0.2) is 9.69 Å². The Labute approximate surface area is 439 Å².